The fraction of sp³-hybridized carbons (Fsp3) is 0.455. The highest BCUT2D eigenvalue weighted by Gasteiger charge is 2.06. The van der Waals surface area contributed by atoms with Crippen molar-refractivity contribution in [2.75, 3.05) is 12.0 Å². The van der Waals surface area contributed by atoms with Crippen LogP contribution in [0.4, 0.5) is 0 Å². The first-order chi connectivity index (χ1) is 7.26. The fourth-order valence-corrected chi connectivity index (χ4v) is 2.06. The molecule has 0 aliphatic rings. The van der Waals surface area contributed by atoms with Crippen molar-refractivity contribution in [2.24, 2.45) is 5.84 Å². The van der Waals surface area contributed by atoms with E-state index < -0.39 is 0 Å². The SMILES string of the molecule is CSCCC(Cc1ccc(Cl)cc1)NN. The maximum Gasteiger partial charge on any atom is 0.0406 e. The molecule has 0 saturated carbocycles. The van der Waals surface area contributed by atoms with E-state index in [0.717, 1.165) is 23.6 Å². The summed E-state index contributed by atoms with van der Waals surface area (Å²) in [6, 6.07) is 8.27. The standard InChI is InChI=1S/C11H17ClN2S/c1-15-7-6-11(14-13)8-9-2-4-10(12)5-3-9/h2-5,11,14H,6-8,13H2,1H3. The van der Waals surface area contributed by atoms with E-state index in [1.165, 1.54) is 5.56 Å². The van der Waals surface area contributed by atoms with Gasteiger partial charge < -0.3 is 0 Å². The van der Waals surface area contributed by atoms with Crippen molar-refractivity contribution in [1.29, 1.82) is 0 Å². The summed E-state index contributed by atoms with van der Waals surface area (Å²) in [5.74, 6) is 6.63. The zero-order valence-electron chi connectivity index (χ0n) is 8.87. The fourth-order valence-electron chi connectivity index (χ4n) is 1.41. The van der Waals surface area contributed by atoms with Crippen molar-refractivity contribution in [3.63, 3.8) is 0 Å². The molecule has 0 aliphatic carbocycles. The van der Waals surface area contributed by atoms with Gasteiger partial charge in [0.1, 0.15) is 0 Å². The molecule has 84 valence electrons. The third-order valence-electron chi connectivity index (χ3n) is 2.30. The number of nitrogens with one attached hydrogen (secondary N) is 1. The van der Waals surface area contributed by atoms with Crippen molar-refractivity contribution in [3.8, 4) is 0 Å². The van der Waals surface area contributed by atoms with E-state index in [9.17, 15) is 0 Å². The molecule has 2 nitrogen and oxygen atoms in total. The Kier molecular flexibility index (Phi) is 6.10. The molecule has 0 fully saturated rings. The van der Waals surface area contributed by atoms with Gasteiger partial charge in [-0.15, -0.1) is 0 Å². The number of halogens is 1. The van der Waals surface area contributed by atoms with E-state index in [0.29, 0.717) is 6.04 Å². The highest BCUT2D eigenvalue weighted by atomic mass is 35.5. The molecule has 0 bridgehead atoms. The lowest BCUT2D eigenvalue weighted by Gasteiger charge is -2.15. The molecule has 1 aromatic rings. The molecule has 0 heterocycles. The normalized spacial score (nSPS) is 12.7. The largest absolute Gasteiger partial charge is 0.271 e. The number of hydrazine groups is 1. The Morgan fingerprint density at radius 2 is 2.07 bits per heavy atom. The molecule has 3 N–H and O–H groups in total. The lowest BCUT2D eigenvalue weighted by Crippen LogP contribution is -2.37. The van der Waals surface area contributed by atoms with Crippen LogP contribution in [-0.4, -0.2) is 18.1 Å². The summed E-state index contributed by atoms with van der Waals surface area (Å²) in [4.78, 5) is 0. The molecule has 15 heavy (non-hydrogen) atoms. The van der Waals surface area contributed by atoms with Crippen molar-refractivity contribution >= 4 is 23.4 Å². The van der Waals surface area contributed by atoms with Crippen LogP contribution >= 0.6 is 23.4 Å². The van der Waals surface area contributed by atoms with Crippen LogP contribution < -0.4 is 11.3 Å². The molecule has 0 aromatic heterocycles. The van der Waals surface area contributed by atoms with Gasteiger partial charge in [-0.25, -0.2) is 0 Å². The molecule has 1 unspecified atom stereocenters. The van der Waals surface area contributed by atoms with Crippen LogP contribution in [0.3, 0.4) is 0 Å². The van der Waals surface area contributed by atoms with Crippen LogP contribution in [0.25, 0.3) is 0 Å². The second-order valence-electron chi connectivity index (χ2n) is 3.48. The van der Waals surface area contributed by atoms with Gasteiger partial charge in [-0.2, -0.15) is 11.8 Å². The minimum atomic E-state index is 0.346. The van der Waals surface area contributed by atoms with Gasteiger partial charge in [0, 0.05) is 11.1 Å². The van der Waals surface area contributed by atoms with E-state index in [1.807, 2.05) is 36.0 Å². The minimum absolute atomic E-state index is 0.346. The Labute approximate surface area is 101 Å². The van der Waals surface area contributed by atoms with Crippen LogP contribution in [-0.2, 0) is 6.42 Å². The first-order valence-electron chi connectivity index (χ1n) is 4.95. The summed E-state index contributed by atoms with van der Waals surface area (Å²) in [7, 11) is 0. The summed E-state index contributed by atoms with van der Waals surface area (Å²) >= 11 is 7.66. The number of nitrogens with two attached hydrogens (primary N) is 1. The molecule has 1 atom stereocenters. The third-order valence-corrected chi connectivity index (χ3v) is 3.20. The molecule has 1 aromatic carbocycles. The molecular weight excluding hydrogens is 228 g/mol. The highest BCUT2D eigenvalue weighted by Crippen LogP contribution is 2.12. The van der Waals surface area contributed by atoms with Crippen molar-refractivity contribution in [2.45, 2.75) is 18.9 Å². The molecule has 4 heteroatoms. The number of hydrogen-bond donors (Lipinski definition) is 2. The zero-order valence-corrected chi connectivity index (χ0v) is 10.4. The lowest BCUT2D eigenvalue weighted by molar-refractivity contribution is 0.514. The monoisotopic (exact) mass is 244 g/mol. The Bertz CT molecular complexity index is 276. The van der Waals surface area contributed by atoms with Gasteiger partial charge in [0.2, 0.25) is 0 Å². The van der Waals surface area contributed by atoms with Gasteiger partial charge in [-0.1, -0.05) is 23.7 Å². The Hall–Kier alpha value is -0.220. The molecule has 1 rings (SSSR count). The predicted molar refractivity (Wildman–Crippen MR) is 69.3 cm³/mol. The van der Waals surface area contributed by atoms with Crippen molar-refractivity contribution in [3.05, 3.63) is 34.9 Å². The number of hydrogen-bond acceptors (Lipinski definition) is 3. The smallest absolute Gasteiger partial charge is 0.0406 e. The Morgan fingerprint density at radius 1 is 1.40 bits per heavy atom. The van der Waals surface area contributed by atoms with Crippen LogP contribution in [0.5, 0.6) is 0 Å². The van der Waals surface area contributed by atoms with Crippen LogP contribution in [0.15, 0.2) is 24.3 Å². The van der Waals surface area contributed by atoms with Crippen LogP contribution in [0.2, 0.25) is 5.02 Å². The summed E-state index contributed by atoms with van der Waals surface area (Å²) in [5, 5.41) is 0.778. The van der Waals surface area contributed by atoms with Crippen molar-refractivity contribution in [1.82, 2.24) is 5.43 Å². The highest BCUT2D eigenvalue weighted by molar-refractivity contribution is 7.98. The van der Waals surface area contributed by atoms with Gasteiger partial charge in [0.25, 0.3) is 0 Å². The van der Waals surface area contributed by atoms with Gasteiger partial charge >= 0.3 is 0 Å². The van der Waals surface area contributed by atoms with Crippen molar-refractivity contribution < 1.29 is 0 Å². The van der Waals surface area contributed by atoms with Gasteiger partial charge in [-0.05, 0) is 42.5 Å². The lowest BCUT2D eigenvalue weighted by atomic mass is 10.0. The average molecular weight is 245 g/mol. The van der Waals surface area contributed by atoms with Crippen LogP contribution in [0.1, 0.15) is 12.0 Å². The summed E-state index contributed by atoms with van der Waals surface area (Å²) < 4.78 is 0. The Morgan fingerprint density at radius 3 is 2.60 bits per heavy atom. The summed E-state index contributed by atoms with van der Waals surface area (Å²) in [5.41, 5.74) is 4.12. The molecule has 0 saturated heterocycles. The predicted octanol–water partition coefficient (Wildman–Crippen LogP) is 2.47. The van der Waals surface area contributed by atoms with E-state index in [2.05, 4.69) is 11.7 Å². The summed E-state index contributed by atoms with van der Waals surface area (Å²) in [6.07, 6.45) is 4.14. The van der Waals surface area contributed by atoms with Gasteiger partial charge in [0.15, 0.2) is 0 Å². The molecule has 0 amide bonds. The summed E-state index contributed by atoms with van der Waals surface area (Å²) in [6.45, 7) is 0. The second kappa shape index (κ2) is 7.12. The molecule has 0 aliphatic heterocycles. The zero-order chi connectivity index (χ0) is 11.1. The van der Waals surface area contributed by atoms with E-state index >= 15 is 0 Å². The molecular formula is C11H17ClN2S. The second-order valence-corrected chi connectivity index (χ2v) is 4.90. The number of rotatable bonds is 6. The first-order valence-corrected chi connectivity index (χ1v) is 6.73. The third kappa shape index (κ3) is 4.89. The van der Waals surface area contributed by atoms with Gasteiger partial charge in [0.05, 0.1) is 0 Å². The van der Waals surface area contributed by atoms with E-state index in [1.54, 1.807) is 0 Å². The average Bonchev–Trinajstić information content (AvgIpc) is 2.27. The van der Waals surface area contributed by atoms with Crippen LogP contribution in [0, 0.1) is 0 Å². The molecule has 0 spiro atoms. The maximum atomic E-state index is 5.82. The van der Waals surface area contributed by atoms with Gasteiger partial charge in [-0.3, -0.25) is 11.3 Å². The number of thioether (sulfide) groups is 1. The Balaban J connectivity index is 2.47. The number of benzene rings is 1. The topological polar surface area (TPSA) is 38.0 Å². The molecule has 0 radical (unpaired) electrons. The maximum absolute atomic E-state index is 5.82. The minimum Gasteiger partial charge on any atom is -0.271 e. The quantitative estimate of drug-likeness (QED) is 0.597. The van der Waals surface area contributed by atoms with E-state index in [-0.39, 0.29) is 0 Å². The van der Waals surface area contributed by atoms with E-state index in [4.69, 9.17) is 17.4 Å². The first kappa shape index (κ1) is 12.8.